The lowest BCUT2D eigenvalue weighted by molar-refractivity contribution is -0.00397. The summed E-state index contributed by atoms with van der Waals surface area (Å²) in [6.07, 6.45) is 14.7. The van der Waals surface area contributed by atoms with Crippen LogP contribution in [0.1, 0.15) is 44.9 Å². The van der Waals surface area contributed by atoms with Crippen LogP contribution in [0.25, 0.3) is 0 Å². The first kappa shape index (κ1) is 12.7. The third kappa shape index (κ3) is 2.50. The van der Waals surface area contributed by atoms with E-state index in [4.69, 9.17) is 9.84 Å². The van der Waals surface area contributed by atoms with E-state index in [0.717, 1.165) is 42.6 Å². The summed E-state index contributed by atoms with van der Waals surface area (Å²) in [5, 5.41) is 8.59. The molecule has 18 heavy (non-hydrogen) atoms. The first-order chi connectivity index (χ1) is 8.88. The van der Waals surface area contributed by atoms with Gasteiger partial charge in [-0.25, -0.2) is 0 Å². The van der Waals surface area contributed by atoms with E-state index in [1.54, 1.807) is 0 Å². The largest absolute Gasteiger partial charge is 0.371 e. The number of hydrogen-bond donors (Lipinski definition) is 1. The first-order valence-electron chi connectivity index (χ1n) is 7.75. The van der Waals surface area contributed by atoms with Crippen molar-refractivity contribution in [1.82, 2.24) is 0 Å². The van der Waals surface area contributed by atoms with Crippen molar-refractivity contribution in [2.45, 2.75) is 44.9 Å². The number of hydrogen-bond acceptors (Lipinski definition) is 2. The van der Waals surface area contributed by atoms with Gasteiger partial charge in [-0.2, -0.15) is 0 Å². The highest BCUT2D eigenvalue weighted by atomic mass is 16.6. The molecule has 0 saturated heterocycles. The van der Waals surface area contributed by atoms with Crippen LogP contribution in [0.2, 0.25) is 0 Å². The Morgan fingerprint density at radius 2 is 1.67 bits per heavy atom. The second-order valence-electron chi connectivity index (χ2n) is 6.48. The summed E-state index contributed by atoms with van der Waals surface area (Å²) in [4.78, 5) is 0. The van der Waals surface area contributed by atoms with Crippen molar-refractivity contribution >= 4 is 0 Å². The Labute approximate surface area is 110 Å². The van der Waals surface area contributed by atoms with Crippen molar-refractivity contribution in [3.05, 3.63) is 12.2 Å². The van der Waals surface area contributed by atoms with Crippen molar-refractivity contribution in [3.63, 3.8) is 0 Å². The molecule has 4 atom stereocenters. The minimum atomic E-state index is -0.121. The molecule has 102 valence electrons. The summed E-state index contributed by atoms with van der Waals surface area (Å²) >= 11 is 0. The maximum absolute atomic E-state index is 8.59. The molecule has 2 bridgehead atoms. The molecule has 0 radical (unpaired) electrons. The predicted octanol–water partition coefficient (Wildman–Crippen LogP) is 3.36. The van der Waals surface area contributed by atoms with E-state index in [1.165, 1.54) is 38.5 Å². The molecule has 4 unspecified atom stereocenters. The summed E-state index contributed by atoms with van der Waals surface area (Å²) in [5.74, 6) is 4.79. The van der Waals surface area contributed by atoms with Crippen LogP contribution in [0.5, 0.6) is 0 Å². The molecule has 2 fully saturated rings. The SMILES string of the molecule is OCOCCCC1CCC2C3C=CC(C3)C2CC1. The lowest BCUT2D eigenvalue weighted by atomic mass is 9.80. The van der Waals surface area contributed by atoms with Gasteiger partial charge < -0.3 is 9.84 Å². The molecule has 0 aromatic rings. The third-order valence-corrected chi connectivity index (χ3v) is 5.61. The molecular weight excluding hydrogens is 224 g/mol. The normalized spacial score (nSPS) is 41.9. The van der Waals surface area contributed by atoms with Gasteiger partial charge in [-0.05, 0) is 61.7 Å². The van der Waals surface area contributed by atoms with Gasteiger partial charge >= 0.3 is 0 Å². The highest BCUT2D eigenvalue weighted by molar-refractivity contribution is 5.13. The van der Waals surface area contributed by atoms with Crippen LogP contribution in [0, 0.1) is 29.6 Å². The first-order valence-corrected chi connectivity index (χ1v) is 7.75. The molecule has 3 rings (SSSR count). The van der Waals surface area contributed by atoms with Gasteiger partial charge in [0.05, 0.1) is 0 Å². The molecule has 0 aliphatic heterocycles. The molecule has 2 nitrogen and oxygen atoms in total. The number of allylic oxidation sites excluding steroid dienone is 2. The quantitative estimate of drug-likeness (QED) is 0.460. The number of fused-ring (bicyclic) bond motifs is 5. The number of ether oxygens (including phenoxy) is 1. The smallest absolute Gasteiger partial charge is 0.143 e. The molecule has 2 saturated carbocycles. The minimum absolute atomic E-state index is 0.121. The van der Waals surface area contributed by atoms with Crippen LogP contribution in [-0.2, 0) is 4.74 Å². The summed E-state index contributed by atoms with van der Waals surface area (Å²) in [7, 11) is 0. The van der Waals surface area contributed by atoms with Gasteiger partial charge in [0.25, 0.3) is 0 Å². The van der Waals surface area contributed by atoms with Crippen LogP contribution in [0.3, 0.4) is 0 Å². The van der Waals surface area contributed by atoms with E-state index >= 15 is 0 Å². The highest BCUT2D eigenvalue weighted by Gasteiger charge is 2.44. The lowest BCUT2D eigenvalue weighted by Crippen LogP contribution is -2.17. The average molecular weight is 250 g/mol. The van der Waals surface area contributed by atoms with E-state index in [0.29, 0.717) is 0 Å². The number of aliphatic hydroxyl groups excluding tert-OH is 1. The summed E-state index contributed by atoms with van der Waals surface area (Å²) < 4.78 is 5.02. The zero-order valence-electron chi connectivity index (χ0n) is 11.3. The van der Waals surface area contributed by atoms with E-state index < -0.39 is 0 Å². The van der Waals surface area contributed by atoms with Crippen LogP contribution < -0.4 is 0 Å². The molecule has 0 aromatic heterocycles. The Hall–Kier alpha value is -0.340. The van der Waals surface area contributed by atoms with Crippen molar-refractivity contribution in [2.24, 2.45) is 29.6 Å². The maximum atomic E-state index is 8.59. The Morgan fingerprint density at radius 1 is 1.00 bits per heavy atom. The fourth-order valence-corrected chi connectivity index (χ4v) is 4.71. The van der Waals surface area contributed by atoms with Crippen molar-refractivity contribution in [1.29, 1.82) is 0 Å². The Morgan fingerprint density at radius 3 is 2.28 bits per heavy atom. The fourth-order valence-electron chi connectivity index (χ4n) is 4.71. The summed E-state index contributed by atoms with van der Waals surface area (Å²) in [6, 6.07) is 0. The number of aliphatic hydroxyl groups is 1. The molecule has 0 spiro atoms. The van der Waals surface area contributed by atoms with Crippen molar-refractivity contribution < 1.29 is 9.84 Å². The molecule has 0 aromatic carbocycles. The predicted molar refractivity (Wildman–Crippen MR) is 71.9 cm³/mol. The Bertz CT molecular complexity index is 277. The summed E-state index contributed by atoms with van der Waals surface area (Å²) in [5.41, 5.74) is 0. The maximum Gasteiger partial charge on any atom is 0.143 e. The third-order valence-electron chi connectivity index (χ3n) is 5.61. The molecule has 1 N–H and O–H groups in total. The Balaban J connectivity index is 1.46. The van der Waals surface area contributed by atoms with Crippen molar-refractivity contribution in [3.8, 4) is 0 Å². The van der Waals surface area contributed by atoms with Gasteiger partial charge in [0, 0.05) is 6.61 Å². The summed E-state index contributed by atoms with van der Waals surface area (Å²) in [6.45, 7) is 0.608. The van der Waals surface area contributed by atoms with E-state index in [-0.39, 0.29) is 6.79 Å². The lowest BCUT2D eigenvalue weighted by Gasteiger charge is -2.25. The van der Waals surface area contributed by atoms with Crippen LogP contribution in [0.4, 0.5) is 0 Å². The average Bonchev–Trinajstić information content (AvgIpc) is 2.91. The van der Waals surface area contributed by atoms with Gasteiger partial charge in [-0.3, -0.25) is 0 Å². The van der Waals surface area contributed by atoms with E-state index in [9.17, 15) is 0 Å². The van der Waals surface area contributed by atoms with Gasteiger partial charge in [0.1, 0.15) is 6.79 Å². The van der Waals surface area contributed by atoms with E-state index in [1.807, 2.05) is 0 Å². The second kappa shape index (κ2) is 5.75. The fraction of sp³-hybridized carbons (Fsp3) is 0.875. The van der Waals surface area contributed by atoms with Crippen molar-refractivity contribution in [2.75, 3.05) is 13.4 Å². The molecule has 0 amide bonds. The molecule has 3 aliphatic carbocycles. The number of rotatable bonds is 5. The zero-order valence-corrected chi connectivity index (χ0v) is 11.3. The van der Waals surface area contributed by atoms with Crippen LogP contribution in [-0.4, -0.2) is 18.5 Å². The zero-order chi connectivity index (χ0) is 12.4. The standard InChI is InChI=1S/C16H26O2/c17-11-18-9-1-2-12-3-7-15-13-5-6-14(10-13)16(15)8-4-12/h5-6,12-17H,1-4,7-11H2. The molecular formula is C16H26O2. The topological polar surface area (TPSA) is 29.5 Å². The van der Waals surface area contributed by atoms with Gasteiger partial charge in [0.15, 0.2) is 0 Å². The van der Waals surface area contributed by atoms with Gasteiger partial charge in [-0.1, -0.05) is 25.0 Å². The van der Waals surface area contributed by atoms with Crippen LogP contribution in [0.15, 0.2) is 12.2 Å². The van der Waals surface area contributed by atoms with Gasteiger partial charge in [0.2, 0.25) is 0 Å². The molecule has 2 heteroatoms. The van der Waals surface area contributed by atoms with Crippen LogP contribution >= 0.6 is 0 Å². The molecule has 0 heterocycles. The second-order valence-corrected chi connectivity index (χ2v) is 6.48. The molecule has 3 aliphatic rings. The Kier molecular flexibility index (Phi) is 4.05. The highest BCUT2D eigenvalue weighted by Crippen LogP contribution is 2.53. The van der Waals surface area contributed by atoms with E-state index in [2.05, 4.69) is 12.2 Å². The monoisotopic (exact) mass is 250 g/mol. The van der Waals surface area contributed by atoms with Gasteiger partial charge in [-0.15, -0.1) is 0 Å². The minimum Gasteiger partial charge on any atom is -0.371 e.